The molecule has 0 unspecified atom stereocenters. The maximum Gasteiger partial charge on any atom is 0.255 e. The molecule has 0 fully saturated rings. The molecular weight excluding hydrogens is 322 g/mol. The van der Waals surface area contributed by atoms with Crippen LogP contribution in [0, 0.1) is 11.7 Å². The fourth-order valence-electron chi connectivity index (χ4n) is 1.74. The van der Waals surface area contributed by atoms with Gasteiger partial charge in [0.15, 0.2) is 5.12 Å². The fourth-order valence-corrected chi connectivity index (χ4v) is 3.04. The predicted octanol–water partition coefficient (Wildman–Crippen LogP) is 5.30. The van der Waals surface area contributed by atoms with Gasteiger partial charge in [-0.15, -0.1) is 0 Å². The van der Waals surface area contributed by atoms with Gasteiger partial charge in [0.05, 0.1) is 10.6 Å². The molecule has 20 heavy (non-hydrogen) atoms. The minimum atomic E-state index is -0.909. The number of rotatable bonds is 6. The summed E-state index contributed by atoms with van der Waals surface area (Å²) in [5.41, 5.74) is -0.270. The van der Waals surface area contributed by atoms with E-state index in [2.05, 4.69) is 0 Å². The fraction of sp³-hybridized carbons (Fsp3) is 0.429. The first-order valence-electron chi connectivity index (χ1n) is 6.28. The lowest BCUT2D eigenvalue weighted by atomic mass is 10.0. The van der Waals surface area contributed by atoms with E-state index in [4.69, 9.17) is 23.2 Å². The molecular formula is C14H15Cl2FO2S. The third-order valence-electron chi connectivity index (χ3n) is 3.07. The van der Waals surface area contributed by atoms with Crippen molar-refractivity contribution in [3.05, 3.63) is 28.5 Å². The van der Waals surface area contributed by atoms with Crippen LogP contribution in [0.25, 0.3) is 0 Å². The highest BCUT2D eigenvalue weighted by Crippen LogP contribution is 2.32. The molecule has 0 bridgehead atoms. The molecule has 1 rings (SSSR count). The van der Waals surface area contributed by atoms with Crippen LogP contribution in [-0.4, -0.2) is 10.4 Å². The van der Waals surface area contributed by atoms with Gasteiger partial charge in [0, 0.05) is 11.3 Å². The van der Waals surface area contributed by atoms with Gasteiger partial charge >= 0.3 is 0 Å². The molecule has 0 saturated carbocycles. The largest absolute Gasteiger partial charge is 0.287 e. The molecule has 0 radical (unpaired) electrons. The summed E-state index contributed by atoms with van der Waals surface area (Å²) in [6, 6.07) is 2.23. The highest BCUT2D eigenvalue weighted by atomic mass is 35.5. The van der Waals surface area contributed by atoms with Crippen LogP contribution in [0.1, 0.15) is 43.5 Å². The second-order valence-corrected chi connectivity index (χ2v) is 6.25. The summed E-state index contributed by atoms with van der Waals surface area (Å²) in [6.45, 7) is 4.06. The van der Waals surface area contributed by atoms with Gasteiger partial charge in [0.25, 0.3) is 5.24 Å². The molecule has 0 aliphatic carbocycles. The lowest BCUT2D eigenvalue weighted by Gasteiger charge is -2.11. The summed E-state index contributed by atoms with van der Waals surface area (Å²) in [4.78, 5) is 23.4. The summed E-state index contributed by atoms with van der Waals surface area (Å²) in [6.07, 6.45) is 2.27. The Morgan fingerprint density at radius 3 is 2.40 bits per heavy atom. The number of benzene rings is 1. The monoisotopic (exact) mass is 336 g/mol. The standard InChI is InChI=1S/C14H15Cl2FO2S/c1-3-8(4-2)5-13(18)20-12-6-9(14(16)19)11(17)7-10(12)15/h6-8H,3-5H2,1-2H3. The van der Waals surface area contributed by atoms with Gasteiger partial charge in [-0.1, -0.05) is 50.1 Å². The quantitative estimate of drug-likeness (QED) is 0.521. The molecule has 1 aromatic carbocycles. The number of thioether (sulfide) groups is 1. The van der Waals surface area contributed by atoms with Gasteiger partial charge < -0.3 is 0 Å². The Morgan fingerprint density at radius 2 is 1.90 bits per heavy atom. The minimum absolute atomic E-state index is 0.0554. The molecule has 0 amide bonds. The van der Waals surface area contributed by atoms with Crippen molar-refractivity contribution in [2.75, 3.05) is 0 Å². The maximum atomic E-state index is 13.5. The molecule has 0 atom stereocenters. The van der Waals surface area contributed by atoms with E-state index in [1.165, 1.54) is 6.07 Å². The van der Waals surface area contributed by atoms with E-state index in [9.17, 15) is 14.0 Å². The SMILES string of the molecule is CCC(CC)CC(=O)Sc1cc(C(=O)Cl)c(F)cc1Cl. The van der Waals surface area contributed by atoms with Gasteiger partial charge in [0.1, 0.15) is 5.82 Å². The lowest BCUT2D eigenvalue weighted by molar-refractivity contribution is -0.111. The van der Waals surface area contributed by atoms with Crippen LogP contribution < -0.4 is 0 Å². The molecule has 0 saturated heterocycles. The zero-order chi connectivity index (χ0) is 15.3. The van der Waals surface area contributed by atoms with Crippen LogP contribution in [0.15, 0.2) is 17.0 Å². The smallest absolute Gasteiger partial charge is 0.255 e. The van der Waals surface area contributed by atoms with Gasteiger partial charge in [-0.3, -0.25) is 9.59 Å². The van der Waals surface area contributed by atoms with E-state index in [0.29, 0.717) is 17.2 Å². The van der Waals surface area contributed by atoms with Crippen molar-refractivity contribution in [1.29, 1.82) is 0 Å². The van der Waals surface area contributed by atoms with E-state index in [-0.39, 0.29) is 15.7 Å². The molecule has 1 aromatic rings. The third kappa shape index (κ3) is 4.76. The van der Waals surface area contributed by atoms with Crippen LogP contribution in [0.4, 0.5) is 4.39 Å². The van der Waals surface area contributed by atoms with E-state index in [1.807, 2.05) is 13.8 Å². The average Bonchev–Trinajstić information content (AvgIpc) is 2.38. The molecule has 0 aromatic heterocycles. The van der Waals surface area contributed by atoms with E-state index < -0.39 is 11.1 Å². The van der Waals surface area contributed by atoms with Crippen LogP contribution >= 0.6 is 35.0 Å². The Hall–Kier alpha value is -0.580. The number of halogens is 3. The number of carbonyl (C=O) groups excluding carboxylic acids is 2. The highest BCUT2D eigenvalue weighted by Gasteiger charge is 2.17. The Kier molecular flexibility index (Phi) is 7.00. The zero-order valence-electron chi connectivity index (χ0n) is 11.2. The molecule has 0 N–H and O–H groups in total. The maximum absolute atomic E-state index is 13.5. The van der Waals surface area contributed by atoms with Crippen molar-refractivity contribution >= 4 is 45.3 Å². The van der Waals surface area contributed by atoms with Gasteiger partial charge in [-0.2, -0.15) is 0 Å². The second kappa shape index (κ2) is 8.01. The van der Waals surface area contributed by atoms with Gasteiger partial charge in [0.2, 0.25) is 0 Å². The first kappa shape index (κ1) is 17.5. The van der Waals surface area contributed by atoms with Crippen molar-refractivity contribution in [1.82, 2.24) is 0 Å². The van der Waals surface area contributed by atoms with Crippen molar-refractivity contribution in [2.24, 2.45) is 5.92 Å². The van der Waals surface area contributed by atoms with Gasteiger partial charge in [-0.05, 0) is 29.7 Å². The molecule has 6 heteroatoms. The van der Waals surface area contributed by atoms with Crippen LogP contribution in [-0.2, 0) is 4.79 Å². The second-order valence-electron chi connectivity index (χ2n) is 4.40. The summed E-state index contributed by atoms with van der Waals surface area (Å²) in [7, 11) is 0. The number of hydrogen-bond acceptors (Lipinski definition) is 3. The molecule has 110 valence electrons. The van der Waals surface area contributed by atoms with E-state index in [1.54, 1.807) is 0 Å². The van der Waals surface area contributed by atoms with Crippen molar-refractivity contribution in [3.8, 4) is 0 Å². The normalized spacial score (nSPS) is 10.9. The van der Waals surface area contributed by atoms with E-state index >= 15 is 0 Å². The summed E-state index contributed by atoms with van der Waals surface area (Å²) >= 11 is 12.1. The zero-order valence-corrected chi connectivity index (χ0v) is 13.5. The summed E-state index contributed by atoms with van der Waals surface area (Å²) in [5.74, 6) is -0.463. The number of carbonyl (C=O) groups is 2. The van der Waals surface area contributed by atoms with Crippen LogP contribution in [0.3, 0.4) is 0 Å². The first-order chi connectivity index (χ1) is 9.38. The first-order valence-corrected chi connectivity index (χ1v) is 7.85. The summed E-state index contributed by atoms with van der Waals surface area (Å²) in [5, 5.41) is -0.860. The third-order valence-corrected chi connectivity index (χ3v) is 4.65. The Morgan fingerprint density at radius 1 is 1.30 bits per heavy atom. The minimum Gasteiger partial charge on any atom is -0.287 e. The summed E-state index contributed by atoms with van der Waals surface area (Å²) < 4.78 is 13.5. The van der Waals surface area contributed by atoms with Crippen LogP contribution in [0.5, 0.6) is 0 Å². The number of hydrogen-bond donors (Lipinski definition) is 0. The van der Waals surface area contributed by atoms with Gasteiger partial charge in [-0.25, -0.2) is 4.39 Å². The van der Waals surface area contributed by atoms with Crippen molar-refractivity contribution in [3.63, 3.8) is 0 Å². The molecule has 2 nitrogen and oxygen atoms in total. The Labute approximate surface area is 132 Å². The van der Waals surface area contributed by atoms with Crippen molar-refractivity contribution in [2.45, 2.75) is 38.0 Å². The molecule has 0 spiro atoms. The Balaban J connectivity index is 2.89. The lowest BCUT2D eigenvalue weighted by Crippen LogP contribution is -2.04. The van der Waals surface area contributed by atoms with Crippen molar-refractivity contribution < 1.29 is 14.0 Å². The highest BCUT2D eigenvalue weighted by molar-refractivity contribution is 8.13. The predicted molar refractivity (Wildman–Crippen MR) is 81.1 cm³/mol. The van der Waals surface area contributed by atoms with Crippen LogP contribution in [0.2, 0.25) is 5.02 Å². The Bertz CT molecular complexity index is 516. The topological polar surface area (TPSA) is 34.1 Å². The molecule has 0 heterocycles. The van der Waals surface area contributed by atoms with E-state index in [0.717, 1.165) is 30.7 Å². The molecule has 0 aliphatic rings. The average molecular weight is 337 g/mol. The molecule has 0 aliphatic heterocycles.